The van der Waals surface area contributed by atoms with Gasteiger partial charge < -0.3 is 4.74 Å². The minimum Gasteiger partial charge on any atom is -0.463 e. The van der Waals surface area contributed by atoms with Crippen molar-refractivity contribution >= 4 is 12.0 Å². The fourth-order valence-electron chi connectivity index (χ4n) is 1.69. The maximum Gasteiger partial charge on any atom is 0.330 e. The lowest BCUT2D eigenvalue weighted by Crippen LogP contribution is -1.98. The topological polar surface area (TPSA) is 39.2 Å². The molecule has 0 saturated heterocycles. The lowest BCUT2D eigenvalue weighted by molar-refractivity contribution is -0.137. The summed E-state index contributed by atoms with van der Waals surface area (Å²) in [6, 6.07) is 13.6. The zero-order valence-electron chi connectivity index (χ0n) is 10.7. The number of rotatable bonds is 4. The molecule has 19 heavy (non-hydrogen) atoms. The van der Waals surface area contributed by atoms with Gasteiger partial charge >= 0.3 is 5.97 Å². The number of nitrogens with zero attached hydrogens (tertiary/aromatic N) is 1. The molecule has 96 valence electrons. The van der Waals surface area contributed by atoms with Crippen molar-refractivity contribution in [3.63, 3.8) is 0 Å². The van der Waals surface area contributed by atoms with Gasteiger partial charge in [-0.3, -0.25) is 4.98 Å². The molecule has 2 rings (SSSR count). The molecular formula is C16H15NO2. The average Bonchev–Trinajstić information content (AvgIpc) is 2.47. The number of hydrogen-bond donors (Lipinski definition) is 0. The van der Waals surface area contributed by atoms with Crippen molar-refractivity contribution in [1.29, 1.82) is 0 Å². The average molecular weight is 253 g/mol. The first-order valence-electron chi connectivity index (χ1n) is 6.16. The van der Waals surface area contributed by atoms with Crippen molar-refractivity contribution < 1.29 is 9.53 Å². The molecule has 1 aromatic heterocycles. The third kappa shape index (κ3) is 3.78. The van der Waals surface area contributed by atoms with Gasteiger partial charge in [0.25, 0.3) is 0 Å². The van der Waals surface area contributed by atoms with Crippen molar-refractivity contribution in [3.8, 4) is 11.3 Å². The highest BCUT2D eigenvalue weighted by molar-refractivity contribution is 5.87. The molecule has 3 heteroatoms. The molecular weight excluding hydrogens is 238 g/mol. The summed E-state index contributed by atoms with van der Waals surface area (Å²) in [7, 11) is 0. The summed E-state index contributed by atoms with van der Waals surface area (Å²) in [6.45, 7) is 2.17. The third-order valence-corrected chi connectivity index (χ3v) is 2.55. The van der Waals surface area contributed by atoms with Gasteiger partial charge in [0.05, 0.1) is 12.3 Å². The maximum atomic E-state index is 11.2. The number of aromatic nitrogens is 1. The van der Waals surface area contributed by atoms with E-state index in [1.54, 1.807) is 19.2 Å². The number of benzene rings is 1. The highest BCUT2D eigenvalue weighted by Crippen LogP contribution is 2.18. The molecule has 2 aromatic rings. The minimum atomic E-state index is -0.328. The van der Waals surface area contributed by atoms with Crippen molar-refractivity contribution in [1.82, 2.24) is 4.98 Å². The molecule has 0 amide bonds. The van der Waals surface area contributed by atoms with Crippen LogP contribution in [-0.4, -0.2) is 17.6 Å². The van der Waals surface area contributed by atoms with E-state index in [2.05, 4.69) is 4.98 Å². The third-order valence-electron chi connectivity index (χ3n) is 2.55. The van der Waals surface area contributed by atoms with E-state index in [1.807, 2.05) is 42.5 Å². The fourth-order valence-corrected chi connectivity index (χ4v) is 1.69. The summed E-state index contributed by atoms with van der Waals surface area (Å²) in [6.07, 6.45) is 4.93. The quantitative estimate of drug-likeness (QED) is 0.619. The van der Waals surface area contributed by atoms with Crippen molar-refractivity contribution in [3.05, 3.63) is 60.3 Å². The molecule has 0 saturated carbocycles. The molecule has 0 radical (unpaired) electrons. The van der Waals surface area contributed by atoms with E-state index in [0.717, 1.165) is 16.8 Å². The van der Waals surface area contributed by atoms with Gasteiger partial charge in [-0.05, 0) is 36.8 Å². The Hall–Kier alpha value is -2.42. The van der Waals surface area contributed by atoms with Gasteiger partial charge in [0.2, 0.25) is 0 Å². The monoisotopic (exact) mass is 253 g/mol. The van der Waals surface area contributed by atoms with Gasteiger partial charge in [-0.25, -0.2) is 4.79 Å². The molecule has 0 fully saturated rings. The van der Waals surface area contributed by atoms with Gasteiger partial charge in [0.15, 0.2) is 0 Å². The molecule has 0 bridgehead atoms. The SMILES string of the molecule is CCOC(=O)/C=C/c1cccc(-c2ccccn2)c1. The van der Waals surface area contributed by atoms with E-state index >= 15 is 0 Å². The van der Waals surface area contributed by atoms with Crippen molar-refractivity contribution in [2.45, 2.75) is 6.92 Å². The number of pyridine rings is 1. The Morgan fingerprint density at radius 2 is 2.16 bits per heavy atom. The Morgan fingerprint density at radius 1 is 1.26 bits per heavy atom. The standard InChI is InChI=1S/C16H15NO2/c1-2-19-16(18)10-9-13-6-5-7-14(12-13)15-8-3-4-11-17-15/h3-12H,2H2,1H3/b10-9+. The van der Waals surface area contributed by atoms with Gasteiger partial charge in [-0.15, -0.1) is 0 Å². The molecule has 1 heterocycles. The van der Waals surface area contributed by atoms with Crippen LogP contribution in [0.4, 0.5) is 0 Å². The van der Waals surface area contributed by atoms with Crippen LogP contribution in [0.25, 0.3) is 17.3 Å². The van der Waals surface area contributed by atoms with Crippen LogP contribution in [-0.2, 0) is 9.53 Å². The fraction of sp³-hybridized carbons (Fsp3) is 0.125. The first kappa shape index (κ1) is 13.0. The minimum absolute atomic E-state index is 0.328. The van der Waals surface area contributed by atoms with E-state index in [0.29, 0.717) is 6.61 Å². The number of carbonyl (C=O) groups is 1. The Labute approximate surface area is 112 Å². The van der Waals surface area contributed by atoms with Crippen LogP contribution >= 0.6 is 0 Å². The van der Waals surface area contributed by atoms with Crippen molar-refractivity contribution in [2.75, 3.05) is 6.61 Å². The number of esters is 1. The van der Waals surface area contributed by atoms with Crippen LogP contribution < -0.4 is 0 Å². The molecule has 0 aliphatic rings. The summed E-state index contributed by atoms with van der Waals surface area (Å²) >= 11 is 0. The normalized spacial score (nSPS) is 10.6. The van der Waals surface area contributed by atoms with E-state index in [1.165, 1.54) is 6.08 Å². The summed E-state index contributed by atoms with van der Waals surface area (Å²) in [4.78, 5) is 15.5. The number of hydrogen-bond acceptors (Lipinski definition) is 3. The van der Waals surface area contributed by atoms with Gasteiger partial charge in [-0.1, -0.05) is 24.3 Å². The first-order chi connectivity index (χ1) is 9.29. The molecule has 0 N–H and O–H groups in total. The largest absolute Gasteiger partial charge is 0.463 e. The first-order valence-corrected chi connectivity index (χ1v) is 6.16. The van der Waals surface area contributed by atoms with E-state index < -0.39 is 0 Å². The number of carbonyl (C=O) groups excluding carboxylic acids is 1. The second-order valence-corrected chi connectivity index (χ2v) is 3.93. The molecule has 0 atom stereocenters. The van der Waals surface area contributed by atoms with Crippen LogP contribution in [0.5, 0.6) is 0 Å². The molecule has 0 aliphatic heterocycles. The molecule has 0 spiro atoms. The second-order valence-electron chi connectivity index (χ2n) is 3.93. The van der Waals surface area contributed by atoms with E-state index in [4.69, 9.17) is 4.74 Å². The zero-order chi connectivity index (χ0) is 13.5. The van der Waals surface area contributed by atoms with E-state index in [-0.39, 0.29) is 5.97 Å². The van der Waals surface area contributed by atoms with Crippen LogP contribution in [0.3, 0.4) is 0 Å². The summed E-state index contributed by atoms with van der Waals surface area (Å²) in [5.74, 6) is -0.328. The lowest BCUT2D eigenvalue weighted by atomic mass is 10.1. The van der Waals surface area contributed by atoms with Crippen molar-refractivity contribution in [2.24, 2.45) is 0 Å². The summed E-state index contributed by atoms with van der Waals surface area (Å²) < 4.78 is 4.84. The highest BCUT2D eigenvalue weighted by Gasteiger charge is 1.99. The zero-order valence-corrected chi connectivity index (χ0v) is 10.7. The molecule has 0 aliphatic carbocycles. The van der Waals surface area contributed by atoms with Crippen LogP contribution in [0.2, 0.25) is 0 Å². The van der Waals surface area contributed by atoms with Gasteiger partial charge in [-0.2, -0.15) is 0 Å². The van der Waals surface area contributed by atoms with Gasteiger partial charge in [0, 0.05) is 17.8 Å². The predicted molar refractivity (Wildman–Crippen MR) is 75.3 cm³/mol. The van der Waals surface area contributed by atoms with Gasteiger partial charge in [0.1, 0.15) is 0 Å². The van der Waals surface area contributed by atoms with Crippen LogP contribution in [0, 0.1) is 0 Å². The summed E-state index contributed by atoms with van der Waals surface area (Å²) in [5.41, 5.74) is 2.87. The van der Waals surface area contributed by atoms with Crippen LogP contribution in [0.15, 0.2) is 54.7 Å². The smallest absolute Gasteiger partial charge is 0.330 e. The Bertz CT molecular complexity index is 576. The summed E-state index contributed by atoms with van der Waals surface area (Å²) in [5, 5.41) is 0. The highest BCUT2D eigenvalue weighted by atomic mass is 16.5. The Balaban J connectivity index is 2.18. The Kier molecular flexibility index (Phi) is 4.45. The van der Waals surface area contributed by atoms with Crippen LogP contribution in [0.1, 0.15) is 12.5 Å². The second kappa shape index (κ2) is 6.50. The van der Waals surface area contributed by atoms with E-state index in [9.17, 15) is 4.79 Å². The lowest BCUT2D eigenvalue weighted by Gasteiger charge is -2.01. The molecule has 3 nitrogen and oxygen atoms in total. The Morgan fingerprint density at radius 3 is 2.89 bits per heavy atom. The maximum absolute atomic E-state index is 11.2. The number of ether oxygens (including phenoxy) is 1. The predicted octanol–water partition coefficient (Wildman–Crippen LogP) is 3.32. The molecule has 1 aromatic carbocycles. The molecule has 0 unspecified atom stereocenters.